The van der Waals surface area contributed by atoms with Crippen LogP contribution in [0.3, 0.4) is 0 Å². The first kappa shape index (κ1) is 11.7. The lowest BCUT2D eigenvalue weighted by Gasteiger charge is -2.24. The lowest BCUT2D eigenvalue weighted by atomic mass is 10.3. The van der Waals surface area contributed by atoms with Crippen LogP contribution in [0.1, 0.15) is 23.9 Å². The summed E-state index contributed by atoms with van der Waals surface area (Å²) < 4.78 is 10.9. The van der Waals surface area contributed by atoms with E-state index in [2.05, 4.69) is 10.6 Å². The lowest BCUT2D eigenvalue weighted by Crippen LogP contribution is -2.35. The Labute approximate surface area is 125 Å². The summed E-state index contributed by atoms with van der Waals surface area (Å²) in [6, 6.07) is 7.43. The highest BCUT2D eigenvalue weighted by atomic mass is 32.1. The maximum Gasteiger partial charge on any atom is 0.192 e. The van der Waals surface area contributed by atoms with Crippen molar-refractivity contribution >= 4 is 34.7 Å². The lowest BCUT2D eigenvalue weighted by molar-refractivity contribution is 0.0940. The summed E-state index contributed by atoms with van der Waals surface area (Å²) in [4.78, 5) is 0. The Morgan fingerprint density at radius 1 is 0.850 bits per heavy atom. The molecule has 0 aromatic carbocycles. The minimum atomic E-state index is -0.238. The number of nitrogens with zero attached hydrogens (tertiary/aromatic N) is 2. The summed E-state index contributed by atoms with van der Waals surface area (Å²) in [6.45, 7) is 0. The Hall–Kier alpha value is -2.06. The van der Waals surface area contributed by atoms with Gasteiger partial charge in [0.2, 0.25) is 0 Å². The molecule has 2 fully saturated rings. The molecule has 2 atom stereocenters. The molecule has 2 saturated heterocycles. The van der Waals surface area contributed by atoms with Crippen LogP contribution >= 0.6 is 24.4 Å². The number of hydrogen-bond donors (Lipinski definition) is 2. The maximum atomic E-state index is 5.45. The van der Waals surface area contributed by atoms with Crippen molar-refractivity contribution in [3.8, 4) is 0 Å². The molecule has 4 rings (SSSR count). The normalized spacial score (nSPS) is 24.8. The van der Waals surface area contributed by atoms with Crippen LogP contribution in [0.25, 0.3) is 0 Å². The highest BCUT2D eigenvalue weighted by Crippen LogP contribution is 2.36. The number of nitrogens with one attached hydrogen (secondary N) is 2. The minimum Gasteiger partial charge on any atom is -0.465 e. The van der Waals surface area contributed by atoms with Crippen LogP contribution in [-0.4, -0.2) is 20.2 Å². The molecule has 2 aliphatic heterocycles. The first-order valence-corrected chi connectivity index (χ1v) is 6.83. The average Bonchev–Trinajstić information content (AvgIpc) is 3.17. The van der Waals surface area contributed by atoms with Gasteiger partial charge in [-0.25, -0.2) is 10.0 Å². The summed E-state index contributed by atoms with van der Waals surface area (Å²) in [5, 5.41) is 11.3. The monoisotopic (exact) mass is 306 g/mol. The van der Waals surface area contributed by atoms with Crippen LogP contribution < -0.4 is 10.6 Å². The van der Waals surface area contributed by atoms with Gasteiger partial charge in [-0.1, -0.05) is 0 Å². The zero-order valence-corrected chi connectivity index (χ0v) is 11.8. The molecule has 0 radical (unpaired) electrons. The van der Waals surface area contributed by atoms with E-state index in [-0.39, 0.29) is 12.3 Å². The molecular weight excluding hydrogens is 296 g/mol. The maximum absolute atomic E-state index is 5.45. The van der Waals surface area contributed by atoms with Gasteiger partial charge in [0.1, 0.15) is 11.5 Å². The van der Waals surface area contributed by atoms with Crippen LogP contribution in [-0.2, 0) is 0 Å². The molecule has 0 aliphatic carbocycles. The predicted molar refractivity (Wildman–Crippen MR) is 78.0 cm³/mol. The molecule has 0 amide bonds. The van der Waals surface area contributed by atoms with E-state index in [1.54, 1.807) is 12.5 Å². The fourth-order valence-electron chi connectivity index (χ4n) is 2.44. The second-order valence-electron chi connectivity index (χ2n) is 4.42. The zero-order chi connectivity index (χ0) is 13.7. The summed E-state index contributed by atoms with van der Waals surface area (Å²) in [7, 11) is 0. The number of hydrogen-bond acceptors (Lipinski definition) is 4. The van der Waals surface area contributed by atoms with Crippen LogP contribution in [0.5, 0.6) is 0 Å². The van der Waals surface area contributed by atoms with E-state index in [1.165, 1.54) is 0 Å². The van der Waals surface area contributed by atoms with E-state index >= 15 is 0 Å². The quantitative estimate of drug-likeness (QED) is 0.816. The molecule has 8 heteroatoms. The van der Waals surface area contributed by atoms with Crippen LogP contribution in [0.4, 0.5) is 0 Å². The Morgan fingerprint density at radius 3 is 1.65 bits per heavy atom. The standard InChI is InChI=1S/C12H10N4O2S2/c19-11-13-9(7-3-1-5-17-7)15-12(20)14-10(16(11)15)8-4-2-6-18-8/h1-6,9-10H,(H,13,19)(H,14,20)/t9-,10-/m0/s1. The van der Waals surface area contributed by atoms with Gasteiger partial charge in [0.05, 0.1) is 12.5 Å². The summed E-state index contributed by atoms with van der Waals surface area (Å²) in [6.07, 6.45) is 2.77. The van der Waals surface area contributed by atoms with Crippen LogP contribution in [0.2, 0.25) is 0 Å². The van der Waals surface area contributed by atoms with E-state index in [0.29, 0.717) is 10.2 Å². The van der Waals surface area contributed by atoms with Crippen molar-refractivity contribution in [3.63, 3.8) is 0 Å². The zero-order valence-electron chi connectivity index (χ0n) is 10.1. The van der Waals surface area contributed by atoms with E-state index in [9.17, 15) is 0 Å². The molecule has 6 nitrogen and oxygen atoms in total. The Morgan fingerprint density at radius 2 is 1.30 bits per heavy atom. The Kier molecular flexibility index (Phi) is 2.48. The summed E-state index contributed by atoms with van der Waals surface area (Å²) in [5.74, 6) is 1.50. The van der Waals surface area contributed by atoms with Crippen LogP contribution in [0, 0.1) is 0 Å². The topological polar surface area (TPSA) is 56.8 Å². The molecule has 0 saturated carbocycles. The van der Waals surface area contributed by atoms with Gasteiger partial charge in [-0.15, -0.1) is 0 Å². The third-order valence-electron chi connectivity index (χ3n) is 3.28. The Bertz CT molecular complexity index is 597. The van der Waals surface area contributed by atoms with Gasteiger partial charge < -0.3 is 19.5 Å². The molecule has 0 bridgehead atoms. The SMILES string of the molecule is S=C1N[C@H](c2ccco2)N2C(=S)N[C@H](c3ccco3)N12. The highest BCUT2D eigenvalue weighted by molar-refractivity contribution is 7.80. The molecule has 2 aliphatic rings. The molecular formula is C12H10N4O2S2. The Balaban J connectivity index is 1.73. The third kappa shape index (κ3) is 1.55. The summed E-state index contributed by atoms with van der Waals surface area (Å²) >= 11 is 10.8. The molecule has 2 N–H and O–H groups in total. The van der Waals surface area contributed by atoms with Crippen molar-refractivity contribution in [1.82, 2.24) is 20.7 Å². The predicted octanol–water partition coefficient (Wildman–Crippen LogP) is 1.87. The van der Waals surface area contributed by atoms with E-state index in [1.807, 2.05) is 34.3 Å². The molecule has 2 aromatic rings. The number of rotatable bonds is 2. The van der Waals surface area contributed by atoms with Crippen molar-refractivity contribution in [1.29, 1.82) is 0 Å². The number of thiocarbonyl (C=S) groups is 2. The van der Waals surface area contributed by atoms with Gasteiger partial charge in [-0.05, 0) is 48.7 Å². The van der Waals surface area contributed by atoms with Gasteiger partial charge >= 0.3 is 0 Å². The van der Waals surface area contributed by atoms with Gasteiger partial charge in [-0.2, -0.15) is 0 Å². The van der Waals surface area contributed by atoms with Gasteiger partial charge in [0.15, 0.2) is 22.6 Å². The van der Waals surface area contributed by atoms with E-state index in [0.717, 1.165) is 11.5 Å². The molecule has 20 heavy (non-hydrogen) atoms. The van der Waals surface area contributed by atoms with E-state index < -0.39 is 0 Å². The molecule has 0 unspecified atom stereocenters. The number of fused-ring (bicyclic) bond motifs is 1. The van der Waals surface area contributed by atoms with Gasteiger partial charge in [0, 0.05) is 0 Å². The molecule has 102 valence electrons. The van der Waals surface area contributed by atoms with Crippen molar-refractivity contribution < 1.29 is 8.83 Å². The minimum absolute atomic E-state index is 0.238. The first-order chi connectivity index (χ1) is 9.75. The largest absolute Gasteiger partial charge is 0.465 e. The first-order valence-electron chi connectivity index (χ1n) is 6.02. The highest BCUT2D eigenvalue weighted by Gasteiger charge is 2.49. The number of hydrazine groups is 1. The smallest absolute Gasteiger partial charge is 0.192 e. The van der Waals surface area contributed by atoms with E-state index in [4.69, 9.17) is 33.3 Å². The van der Waals surface area contributed by atoms with Crippen molar-refractivity contribution in [3.05, 3.63) is 48.3 Å². The van der Waals surface area contributed by atoms with Crippen molar-refractivity contribution in [2.45, 2.75) is 12.3 Å². The molecule has 2 aromatic heterocycles. The molecule has 4 heterocycles. The van der Waals surface area contributed by atoms with Gasteiger partial charge in [0.25, 0.3) is 0 Å². The van der Waals surface area contributed by atoms with Crippen LogP contribution in [0.15, 0.2) is 45.6 Å². The molecule has 0 spiro atoms. The van der Waals surface area contributed by atoms with Gasteiger partial charge in [-0.3, -0.25) is 0 Å². The third-order valence-corrected chi connectivity index (χ3v) is 3.89. The van der Waals surface area contributed by atoms with Crippen molar-refractivity contribution in [2.75, 3.05) is 0 Å². The second-order valence-corrected chi connectivity index (χ2v) is 5.20. The fourth-order valence-corrected chi connectivity index (χ4v) is 3.05. The second kappa shape index (κ2) is 4.22. The van der Waals surface area contributed by atoms with Crippen molar-refractivity contribution in [2.24, 2.45) is 0 Å². The average molecular weight is 306 g/mol. The summed E-state index contributed by atoms with van der Waals surface area (Å²) in [5.41, 5.74) is 0. The number of furan rings is 2. The fraction of sp³-hybridized carbons (Fsp3) is 0.167.